The molecule has 0 aromatic carbocycles. The van der Waals surface area contributed by atoms with Crippen LogP contribution >= 0.6 is 0 Å². The molecule has 210 valence electrons. The standard InChI is InChI=1S/C13H3F17O4S2/c14-3-2(4(15)6(17)7(18)5(3)16)8(36(33,34)13(28,29)30)35(31,32)1-9(10(19,20)21,11(22,23)24)12(25,26)27/h3H,1H2. The summed E-state index contributed by atoms with van der Waals surface area (Å²) in [7, 11) is -16.3. The predicted octanol–water partition coefficient (Wildman–Crippen LogP) is 5.87. The van der Waals surface area contributed by atoms with Gasteiger partial charge in [-0.3, -0.25) is 0 Å². The van der Waals surface area contributed by atoms with E-state index in [-0.39, 0.29) is 0 Å². The van der Waals surface area contributed by atoms with Crippen LogP contribution in [0.2, 0.25) is 0 Å². The monoisotopic (exact) mass is 610 g/mol. The molecule has 23 heteroatoms. The number of hydrogen-bond acceptors (Lipinski definition) is 4. The van der Waals surface area contributed by atoms with Crippen molar-refractivity contribution < 1.29 is 91.5 Å². The molecule has 0 heterocycles. The molecule has 0 aromatic heterocycles. The van der Waals surface area contributed by atoms with Crippen LogP contribution in [-0.4, -0.2) is 52.8 Å². The number of alkyl halides is 13. The second-order valence-corrected chi connectivity index (χ2v) is 10.5. The van der Waals surface area contributed by atoms with Gasteiger partial charge >= 0.3 is 24.0 Å². The van der Waals surface area contributed by atoms with Crippen molar-refractivity contribution >= 4 is 19.7 Å². The van der Waals surface area contributed by atoms with Crippen molar-refractivity contribution in [2.24, 2.45) is 5.41 Å². The van der Waals surface area contributed by atoms with Crippen molar-refractivity contribution in [2.75, 3.05) is 5.75 Å². The summed E-state index contributed by atoms with van der Waals surface area (Å²) in [6, 6.07) is 0. The average Bonchev–Trinajstić information content (AvgIpc) is 2.62. The Morgan fingerprint density at radius 1 is 0.639 bits per heavy atom. The summed E-state index contributed by atoms with van der Waals surface area (Å²) in [5.41, 5.74) is -18.6. The normalized spacial score (nSPS) is 21.3. The maximum absolute atomic E-state index is 14.0. The van der Waals surface area contributed by atoms with Crippen LogP contribution < -0.4 is 0 Å². The Bertz CT molecular complexity index is 1190. The lowest BCUT2D eigenvalue weighted by Gasteiger charge is -2.38. The molecule has 0 spiro atoms. The first kappa shape index (κ1) is 32.0. The molecule has 0 saturated carbocycles. The first-order valence-electron chi connectivity index (χ1n) is 7.74. The third kappa shape index (κ3) is 4.78. The molecule has 4 nitrogen and oxygen atoms in total. The minimum absolute atomic E-state index is 3.31. The maximum Gasteiger partial charge on any atom is 0.502 e. The Morgan fingerprint density at radius 2 is 1.00 bits per heavy atom. The average molecular weight is 610 g/mol. The minimum Gasteiger partial charge on any atom is -0.234 e. The molecule has 0 bridgehead atoms. The van der Waals surface area contributed by atoms with Crippen LogP contribution in [0.25, 0.3) is 0 Å². The highest BCUT2D eigenvalue weighted by Gasteiger charge is 2.85. The summed E-state index contributed by atoms with van der Waals surface area (Å²) >= 11 is 0. The Balaban J connectivity index is 4.41. The Hall–Kier alpha value is -2.07. The molecule has 1 atom stereocenters. The smallest absolute Gasteiger partial charge is 0.234 e. The molecule has 1 rings (SSSR count). The molecule has 0 fully saturated rings. The van der Waals surface area contributed by atoms with E-state index in [0.717, 1.165) is 0 Å². The van der Waals surface area contributed by atoms with Gasteiger partial charge in [0.05, 0.1) is 11.3 Å². The molecule has 0 radical (unpaired) electrons. The van der Waals surface area contributed by atoms with Gasteiger partial charge in [-0.15, -0.1) is 0 Å². The second-order valence-electron chi connectivity index (χ2n) is 6.46. The summed E-state index contributed by atoms with van der Waals surface area (Å²) in [5, 5.41) is 0. The number of halogens is 17. The first-order chi connectivity index (χ1) is 15.5. The summed E-state index contributed by atoms with van der Waals surface area (Å²) in [6.07, 6.45) is -28.4. The van der Waals surface area contributed by atoms with Crippen LogP contribution in [0.5, 0.6) is 0 Å². The van der Waals surface area contributed by atoms with E-state index in [4.69, 9.17) is 0 Å². The molecule has 1 aliphatic rings. The maximum atomic E-state index is 14.0. The van der Waals surface area contributed by atoms with E-state index in [0.29, 0.717) is 0 Å². The highest BCUT2D eigenvalue weighted by Crippen LogP contribution is 2.61. The quantitative estimate of drug-likeness (QED) is 0.374. The van der Waals surface area contributed by atoms with Gasteiger partial charge in [-0.2, -0.15) is 52.7 Å². The SMILES string of the molecule is O=S(=O)(CC(C(F)(F)F)(C(F)(F)F)C(F)(F)F)C(=C1C(F)=C(F)C(F)=C(F)C1F)S(=O)(=O)C(F)(F)F. The van der Waals surface area contributed by atoms with Crippen LogP contribution in [0.3, 0.4) is 0 Å². The highest BCUT2D eigenvalue weighted by molar-refractivity contribution is 8.14. The minimum atomic E-state index is -8.24. The topological polar surface area (TPSA) is 68.3 Å². The van der Waals surface area contributed by atoms with Gasteiger partial charge in [0.15, 0.2) is 43.6 Å². The summed E-state index contributed by atoms with van der Waals surface area (Å²) in [5.74, 6) is -18.8. The Labute approximate surface area is 186 Å². The van der Waals surface area contributed by atoms with Crippen LogP contribution in [0, 0.1) is 5.41 Å². The summed E-state index contributed by atoms with van der Waals surface area (Å²) in [6.45, 7) is 0. The molecule has 0 amide bonds. The molecular formula is C13H3F17O4S2. The van der Waals surface area contributed by atoms with Crippen molar-refractivity contribution in [1.29, 1.82) is 0 Å². The third-order valence-corrected chi connectivity index (χ3v) is 8.55. The van der Waals surface area contributed by atoms with Crippen molar-refractivity contribution in [3.05, 3.63) is 33.1 Å². The van der Waals surface area contributed by atoms with Crippen molar-refractivity contribution in [2.45, 2.75) is 30.2 Å². The van der Waals surface area contributed by atoms with Crippen LogP contribution in [0.1, 0.15) is 0 Å². The van der Waals surface area contributed by atoms with Gasteiger partial charge in [0.1, 0.15) is 0 Å². The Kier molecular flexibility index (Phi) is 7.77. The lowest BCUT2D eigenvalue weighted by atomic mass is 9.88. The predicted molar refractivity (Wildman–Crippen MR) is 79.8 cm³/mol. The number of sulfone groups is 2. The van der Waals surface area contributed by atoms with Gasteiger partial charge in [-0.05, 0) is 0 Å². The van der Waals surface area contributed by atoms with E-state index < -0.39 is 94.2 Å². The third-order valence-electron chi connectivity index (χ3n) is 4.22. The molecule has 0 N–H and O–H groups in total. The Morgan fingerprint density at radius 3 is 1.31 bits per heavy atom. The zero-order valence-corrected chi connectivity index (χ0v) is 17.3. The first-order valence-corrected chi connectivity index (χ1v) is 10.9. The zero-order valence-electron chi connectivity index (χ0n) is 15.7. The fourth-order valence-corrected chi connectivity index (χ4v) is 6.74. The fourth-order valence-electron chi connectivity index (χ4n) is 2.52. The number of allylic oxidation sites excluding steroid dienone is 5. The van der Waals surface area contributed by atoms with Gasteiger partial charge in [-0.25, -0.2) is 38.8 Å². The van der Waals surface area contributed by atoms with E-state index >= 15 is 0 Å². The van der Waals surface area contributed by atoms with Gasteiger partial charge in [0.2, 0.25) is 0 Å². The highest BCUT2D eigenvalue weighted by atomic mass is 32.3. The van der Waals surface area contributed by atoms with Crippen molar-refractivity contribution in [3.63, 3.8) is 0 Å². The van der Waals surface area contributed by atoms with Gasteiger partial charge in [0.25, 0.3) is 15.3 Å². The second kappa shape index (κ2) is 8.75. The molecular weight excluding hydrogens is 607 g/mol. The van der Waals surface area contributed by atoms with E-state index in [9.17, 15) is 91.5 Å². The van der Waals surface area contributed by atoms with Crippen LogP contribution in [-0.2, 0) is 19.7 Å². The van der Waals surface area contributed by atoms with Crippen LogP contribution in [0.15, 0.2) is 33.1 Å². The fraction of sp³-hybridized carbons (Fsp3) is 0.538. The van der Waals surface area contributed by atoms with E-state index in [1.165, 1.54) is 0 Å². The van der Waals surface area contributed by atoms with E-state index in [2.05, 4.69) is 0 Å². The van der Waals surface area contributed by atoms with Gasteiger partial charge in [0, 0.05) is 0 Å². The lowest BCUT2D eigenvalue weighted by Crippen LogP contribution is -2.63. The van der Waals surface area contributed by atoms with Crippen molar-refractivity contribution in [1.82, 2.24) is 0 Å². The van der Waals surface area contributed by atoms with Gasteiger partial charge < -0.3 is 0 Å². The molecule has 36 heavy (non-hydrogen) atoms. The lowest BCUT2D eigenvalue weighted by molar-refractivity contribution is -0.418. The molecule has 1 aliphatic carbocycles. The number of rotatable bonds is 4. The molecule has 0 saturated heterocycles. The molecule has 1 unspecified atom stereocenters. The summed E-state index contributed by atoms with van der Waals surface area (Å²) in [4.78, 5) is 0. The summed E-state index contributed by atoms with van der Waals surface area (Å²) < 4.78 is 267. The largest absolute Gasteiger partial charge is 0.502 e. The van der Waals surface area contributed by atoms with Crippen LogP contribution in [0.4, 0.5) is 74.6 Å². The zero-order chi connectivity index (χ0) is 29.2. The van der Waals surface area contributed by atoms with E-state index in [1.807, 2.05) is 0 Å². The van der Waals surface area contributed by atoms with E-state index in [1.54, 1.807) is 0 Å². The van der Waals surface area contributed by atoms with Crippen molar-refractivity contribution in [3.8, 4) is 0 Å². The van der Waals surface area contributed by atoms with Gasteiger partial charge in [-0.1, -0.05) is 0 Å². The molecule has 0 aliphatic heterocycles. The molecule has 0 aromatic rings. The number of hydrogen-bond donors (Lipinski definition) is 0.